The van der Waals surface area contributed by atoms with Crippen molar-refractivity contribution in [3.63, 3.8) is 0 Å². The highest BCUT2D eigenvalue weighted by atomic mass is 19.4. The first-order valence-corrected chi connectivity index (χ1v) is 6.08. The van der Waals surface area contributed by atoms with Crippen LogP contribution in [0.2, 0.25) is 0 Å². The molecule has 1 aliphatic rings. The molecule has 0 saturated carbocycles. The lowest BCUT2D eigenvalue weighted by molar-refractivity contribution is -0.140. The molecule has 0 spiro atoms. The summed E-state index contributed by atoms with van der Waals surface area (Å²) in [4.78, 5) is 21.9. The van der Waals surface area contributed by atoms with Crippen LogP contribution in [0.15, 0.2) is 41.4 Å². The van der Waals surface area contributed by atoms with Crippen molar-refractivity contribution in [2.45, 2.75) is 6.18 Å². The molecule has 6 nitrogen and oxygen atoms in total. The lowest BCUT2D eigenvalue weighted by Crippen LogP contribution is -2.14. The number of alkyl halides is 3. The summed E-state index contributed by atoms with van der Waals surface area (Å²) in [6.45, 7) is 0. The molecule has 0 atom stereocenters. The molecule has 2 aromatic rings. The fraction of sp³-hybridized carbons (Fsp3) is 0.0769. The Morgan fingerprint density at radius 2 is 2.00 bits per heavy atom. The molecule has 0 radical (unpaired) electrons. The first-order chi connectivity index (χ1) is 10.4. The van der Waals surface area contributed by atoms with Crippen LogP contribution in [0.5, 0.6) is 0 Å². The van der Waals surface area contributed by atoms with Crippen LogP contribution in [0.25, 0.3) is 6.08 Å². The van der Waals surface area contributed by atoms with E-state index in [0.29, 0.717) is 5.69 Å². The van der Waals surface area contributed by atoms with Crippen molar-refractivity contribution in [3.05, 3.63) is 53.4 Å². The molecule has 0 aromatic carbocycles. The van der Waals surface area contributed by atoms with Gasteiger partial charge in [-0.25, -0.2) is 5.43 Å². The van der Waals surface area contributed by atoms with E-state index in [2.05, 4.69) is 25.5 Å². The van der Waals surface area contributed by atoms with E-state index in [9.17, 15) is 18.0 Å². The van der Waals surface area contributed by atoms with Crippen molar-refractivity contribution in [2.24, 2.45) is 5.10 Å². The second-order valence-electron chi connectivity index (χ2n) is 4.38. The van der Waals surface area contributed by atoms with Crippen LogP contribution < -0.4 is 5.43 Å². The summed E-state index contributed by atoms with van der Waals surface area (Å²) in [7, 11) is 0. The van der Waals surface area contributed by atoms with Gasteiger partial charge in [0, 0.05) is 18.1 Å². The Kier molecular flexibility index (Phi) is 3.24. The maximum atomic E-state index is 12.6. The molecular formula is C13H8F3N5O. The van der Waals surface area contributed by atoms with Crippen LogP contribution in [0, 0.1) is 0 Å². The Labute approximate surface area is 121 Å². The summed E-state index contributed by atoms with van der Waals surface area (Å²) in [5.74, 6) is -0.524. The van der Waals surface area contributed by atoms with Gasteiger partial charge in [-0.15, -0.1) is 0 Å². The van der Waals surface area contributed by atoms with E-state index in [-0.39, 0.29) is 17.0 Å². The number of nitrogens with zero attached hydrogens (tertiary/aromatic N) is 3. The maximum Gasteiger partial charge on any atom is 0.431 e. The molecule has 2 N–H and O–H groups in total. The van der Waals surface area contributed by atoms with Gasteiger partial charge in [-0.3, -0.25) is 14.8 Å². The van der Waals surface area contributed by atoms with Crippen LogP contribution in [-0.2, 0) is 11.0 Å². The monoisotopic (exact) mass is 307 g/mol. The minimum atomic E-state index is -4.48. The van der Waals surface area contributed by atoms with E-state index in [1.54, 1.807) is 0 Å². The minimum absolute atomic E-state index is 0.107. The van der Waals surface area contributed by atoms with Gasteiger partial charge >= 0.3 is 6.18 Å². The SMILES string of the molecule is O=C1NN=C(c2cnccn2)C1=Cc1ccc(C(F)(F)F)[nH]1. The number of carbonyl (C=O) groups excluding carboxylic acids is 1. The van der Waals surface area contributed by atoms with E-state index >= 15 is 0 Å². The highest BCUT2D eigenvalue weighted by Gasteiger charge is 2.32. The predicted octanol–water partition coefficient (Wildman–Crippen LogP) is 1.74. The van der Waals surface area contributed by atoms with Crippen LogP contribution in [0.1, 0.15) is 17.1 Å². The lowest BCUT2D eigenvalue weighted by Gasteiger charge is -2.02. The van der Waals surface area contributed by atoms with Gasteiger partial charge in [0.2, 0.25) is 0 Å². The molecule has 9 heteroatoms. The Hall–Kier alpha value is -2.97. The number of aromatic nitrogens is 3. The molecule has 0 aliphatic carbocycles. The normalized spacial score (nSPS) is 16.8. The molecule has 2 aromatic heterocycles. The smallest absolute Gasteiger partial charge is 0.351 e. The molecule has 1 aliphatic heterocycles. The third-order valence-electron chi connectivity index (χ3n) is 2.89. The van der Waals surface area contributed by atoms with Crippen LogP contribution in [0.4, 0.5) is 13.2 Å². The molecule has 0 saturated heterocycles. The van der Waals surface area contributed by atoms with Crippen LogP contribution in [-0.4, -0.2) is 26.6 Å². The van der Waals surface area contributed by atoms with Crippen molar-refractivity contribution in [1.29, 1.82) is 0 Å². The highest BCUT2D eigenvalue weighted by molar-refractivity contribution is 6.32. The van der Waals surface area contributed by atoms with Gasteiger partial charge in [0.05, 0.1) is 11.8 Å². The zero-order valence-electron chi connectivity index (χ0n) is 10.8. The van der Waals surface area contributed by atoms with E-state index in [4.69, 9.17) is 0 Å². The molecule has 3 rings (SSSR count). The summed E-state index contributed by atoms with van der Waals surface area (Å²) in [6, 6.07) is 2.13. The number of aromatic amines is 1. The molecular weight excluding hydrogens is 299 g/mol. The van der Waals surface area contributed by atoms with Crippen molar-refractivity contribution in [1.82, 2.24) is 20.4 Å². The molecule has 1 amide bonds. The van der Waals surface area contributed by atoms with Crippen molar-refractivity contribution in [3.8, 4) is 0 Å². The number of H-pyrrole nitrogens is 1. The number of hydrogen-bond acceptors (Lipinski definition) is 4. The van der Waals surface area contributed by atoms with E-state index < -0.39 is 17.8 Å². The average molecular weight is 307 g/mol. The lowest BCUT2D eigenvalue weighted by atomic mass is 10.1. The van der Waals surface area contributed by atoms with Crippen molar-refractivity contribution < 1.29 is 18.0 Å². The molecule has 112 valence electrons. The summed E-state index contributed by atoms with van der Waals surface area (Å²) in [6.07, 6.45) is 1.09. The molecule has 3 heterocycles. The second kappa shape index (κ2) is 5.10. The highest BCUT2D eigenvalue weighted by Crippen LogP contribution is 2.28. The number of hydrazone groups is 1. The Balaban J connectivity index is 1.97. The summed E-state index contributed by atoms with van der Waals surface area (Å²) in [5.41, 5.74) is 2.17. The fourth-order valence-electron chi connectivity index (χ4n) is 1.90. The van der Waals surface area contributed by atoms with Crippen molar-refractivity contribution >= 4 is 17.7 Å². The van der Waals surface area contributed by atoms with E-state index in [1.807, 2.05) is 0 Å². The zero-order valence-corrected chi connectivity index (χ0v) is 10.8. The van der Waals surface area contributed by atoms with Gasteiger partial charge in [0.15, 0.2) is 0 Å². The Bertz CT molecular complexity index is 776. The van der Waals surface area contributed by atoms with Crippen molar-refractivity contribution in [2.75, 3.05) is 0 Å². The van der Waals surface area contributed by atoms with Gasteiger partial charge in [0.1, 0.15) is 17.1 Å². The number of rotatable bonds is 2. The number of hydrogen-bond donors (Lipinski definition) is 2. The largest absolute Gasteiger partial charge is 0.431 e. The van der Waals surface area contributed by atoms with Crippen LogP contribution in [0.3, 0.4) is 0 Å². The molecule has 0 unspecified atom stereocenters. The zero-order chi connectivity index (χ0) is 15.7. The first-order valence-electron chi connectivity index (χ1n) is 6.08. The molecule has 0 bridgehead atoms. The summed E-state index contributed by atoms with van der Waals surface area (Å²) in [5, 5.41) is 3.83. The fourth-order valence-corrected chi connectivity index (χ4v) is 1.90. The Morgan fingerprint density at radius 3 is 2.64 bits per heavy atom. The third-order valence-corrected chi connectivity index (χ3v) is 2.89. The molecule has 0 fully saturated rings. The van der Waals surface area contributed by atoms with Gasteiger partial charge in [0.25, 0.3) is 5.91 Å². The third kappa shape index (κ3) is 2.60. The number of nitrogens with one attached hydrogen (secondary N) is 2. The quantitative estimate of drug-likeness (QED) is 0.829. The maximum absolute atomic E-state index is 12.6. The topological polar surface area (TPSA) is 83.0 Å². The summed E-state index contributed by atoms with van der Waals surface area (Å²) >= 11 is 0. The van der Waals surface area contributed by atoms with Gasteiger partial charge in [-0.05, 0) is 18.2 Å². The molecule has 22 heavy (non-hydrogen) atoms. The number of amides is 1. The first kappa shape index (κ1) is 14.0. The van der Waals surface area contributed by atoms with Gasteiger partial charge in [-0.2, -0.15) is 18.3 Å². The average Bonchev–Trinajstić information content (AvgIpc) is 3.08. The number of carbonyl (C=O) groups is 1. The summed E-state index contributed by atoms with van der Waals surface area (Å²) < 4.78 is 37.7. The van der Waals surface area contributed by atoms with Gasteiger partial charge in [-0.1, -0.05) is 0 Å². The Morgan fingerprint density at radius 1 is 1.18 bits per heavy atom. The van der Waals surface area contributed by atoms with E-state index in [0.717, 1.165) is 6.07 Å². The predicted molar refractivity (Wildman–Crippen MR) is 70.5 cm³/mol. The second-order valence-corrected chi connectivity index (χ2v) is 4.38. The number of halogens is 3. The van der Waals surface area contributed by atoms with Crippen LogP contribution >= 0.6 is 0 Å². The minimum Gasteiger partial charge on any atom is -0.351 e. The standard InChI is InChI=1S/C13H8F3N5O/c14-13(15,16)10-2-1-7(19-10)5-8-11(20-21-12(8)22)9-6-17-3-4-18-9/h1-6,19H,(H,21,22). The van der Waals surface area contributed by atoms with Gasteiger partial charge < -0.3 is 4.98 Å². The van der Waals surface area contributed by atoms with E-state index in [1.165, 1.54) is 30.7 Å².